The first-order chi connectivity index (χ1) is 10.1. The van der Waals surface area contributed by atoms with E-state index in [4.69, 9.17) is 0 Å². The van der Waals surface area contributed by atoms with Gasteiger partial charge >= 0.3 is 0 Å². The molecule has 0 radical (unpaired) electrons. The second kappa shape index (κ2) is 4.20. The molecule has 4 heteroatoms. The molecule has 1 amide bonds. The van der Waals surface area contributed by atoms with Crippen molar-refractivity contribution in [3.05, 3.63) is 54.1 Å². The van der Waals surface area contributed by atoms with E-state index in [-0.39, 0.29) is 17.5 Å². The van der Waals surface area contributed by atoms with Gasteiger partial charge in [0.1, 0.15) is 0 Å². The summed E-state index contributed by atoms with van der Waals surface area (Å²) in [6.45, 7) is 4.34. The van der Waals surface area contributed by atoms with E-state index in [1.165, 1.54) is 0 Å². The Hall–Kier alpha value is -2.10. The topological polar surface area (TPSA) is 38.1 Å². The number of hydrogen-bond acceptors (Lipinski definition) is 2. The maximum atomic E-state index is 12.9. The average Bonchev–Trinajstić information content (AvgIpc) is 3.13. The maximum Gasteiger partial charge on any atom is 0.254 e. The summed E-state index contributed by atoms with van der Waals surface area (Å²) in [5.41, 5.74) is 1.68. The summed E-state index contributed by atoms with van der Waals surface area (Å²) in [6.07, 6.45) is 7.88. The maximum absolute atomic E-state index is 12.9. The zero-order valence-electron chi connectivity index (χ0n) is 12.4. The fourth-order valence-corrected chi connectivity index (χ4v) is 3.75. The molecule has 1 saturated carbocycles. The molecule has 0 bridgehead atoms. The molecule has 1 aromatic carbocycles. The zero-order chi connectivity index (χ0) is 14.6. The first-order valence-electron chi connectivity index (χ1n) is 7.51. The number of carbonyl (C=O) groups excluding carboxylic acids is 1. The third-order valence-electron chi connectivity index (χ3n) is 4.73. The van der Waals surface area contributed by atoms with Gasteiger partial charge in [-0.25, -0.2) is 4.98 Å². The lowest BCUT2D eigenvalue weighted by atomic mass is 9.79. The summed E-state index contributed by atoms with van der Waals surface area (Å²) >= 11 is 0. The molecule has 1 aromatic heterocycles. The van der Waals surface area contributed by atoms with Crippen molar-refractivity contribution in [3.63, 3.8) is 0 Å². The second-order valence-corrected chi connectivity index (χ2v) is 6.56. The highest BCUT2D eigenvalue weighted by molar-refractivity contribution is 5.98. The number of hydrogen-bond donors (Lipinski definition) is 0. The van der Waals surface area contributed by atoms with Crippen molar-refractivity contribution in [2.24, 2.45) is 0 Å². The summed E-state index contributed by atoms with van der Waals surface area (Å²) in [5.74, 6) is 0.175. The van der Waals surface area contributed by atoms with Crippen LogP contribution in [0.4, 0.5) is 0 Å². The highest BCUT2D eigenvalue weighted by atomic mass is 16.2. The van der Waals surface area contributed by atoms with Crippen LogP contribution in [0.3, 0.4) is 0 Å². The molecule has 2 aliphatic rings. The summed E-state index contributed by atoms with van der Waals surface area (Å²) in [6, 6.07) is 8.49. The van der Waals surface area contributed by atoms with Crippen LogP contribution in [0.25, 0.3) is 0 Å². The van der Waals surface area contributed by atoms with Crippen LogP contribution in [0.2, 0.25) is 0 Å². The third-order valence-corrected chi connectivity index (χ3v) is 4.73. The first-order valence-corrected chi connectivity index (χ1v) is 7.51. The van der Waals surface area contributed by atoms with E-state index in [0.717, 1.165) is 24.0 Å². The summed E-state index contributed by atoms with van der Waals surface area (Å²) < 4.78 is 2.13. The minimum absolute atomic E-state index is 0.106. The van der Waals surface area contributed by atoms with Crippen molar-refractivity contribution >= 4 is 5.91 Å². The van der Waals surface area contributed by atoms with Gasteiger partial charge in [0.05, 0.1) is 17.9 Å². The van der Waals surface area contributed by atoms with Crippen LogP contribution in [-0.4, -0.2) is 31.9 Å². The van der Waals surface area contributed by atoms with Crippen molar-refractivity contribution < 1.29 is 4.79 Å². The number of aromatic nitrogens is 2. The van der Waals surface area contributed by atoms with Crippen LogP contribution in [0.1, 0.15) is 48.7 Å². The van der Waals surface area contributed by atoms with Gasteiger partial charge < -0.3 is 9.47 Å². The highest BCUT2D eigenvalue weighted by Crippen LogP contribution is 2.46. The summed E-state index contributed by atoms with van der Waals surface area (Å²) in [4.78, 5) is 19.2. The molecule has 0 spiro atoms. The van der Waals surface area contributed by atoms with E-state index in [9.17, 15) is 4.79 Å². The number of rotatable bonds is 2. The van der Waals surface area contributed by atoms with Crippen molar-refractivity contribution in [1.82, 2.24) is 14.5 Å². The minimum Gasteiger partial charge on any atom is -0.328 e. The quantitative estimate of drug-likeness (QED) is 0.849. The molecular formula is C17H19N3O. The van der Waals surface area contributed by atoms with E-state index in [2.05, 4.69) is 34.4 Å². The molecule has 4 nitrogen and oxygen atoms in total. The average molecular weight is 281 g/mol. The molecule has 21 heavy (non-hydrogen) atoms. The number of benzene rings is 1. The van der Waals surface area contributed by atoms with Crippen LogP contribution >= 0.6 is 0 Å². The number of fused-ring (bicyclic) bond motifs is 1. The molecule has 2 aromatic rings. The largest absolute Gasteiger partial charge is 0.328 e. The minimum atomic E-state index is -0.257. The molecule has 2 heterocycles. The lowest BCUT2D eigenvalue weighted by Crippen LogP contribution is -2.57. The van der Waals surface area contributed by atoms with Gasteiger partial charge in [-0.3, -0.25) is 4.79 Å². The molecule has 0 N–H and O–H groups in total. The normalized spacial score (nSPS) is 24.0. The first kappa shape index (κ1) is 12.6. The Morgan fingerprint density at radius 2 is 2.00 bits per heavy atom. The Kier molecular flexibility index (Phi) is 2.52. The molecule has 1 aliphatic heterocycles. The van der Waals surface area contributed by atoms with Gasteiger partial charge in [-0.05, 0) is 38.3 Å². The lowest BCUT2D eigenvalue weighted by molar-refractivity contribution is 0.0358. The number of amides is 1. The van der Waals surface area contributed by atoms with Crippen LogP contribution in [0.15, 0.2) is 43.0 Å². The van der Waals surface area contributed by atoms with Gasteiger partial charge in [0.15, 0.2) is 0 Å². The van der Waals surface area contributed by atoms with E-state index >= 15 is 0 Å². The van der Waals surface area contributed by atoms with E-state index in [0.29, 0.717) is 6.04 Å². The molecular weight excluding hydrogens is 262 g/mol. The Balaban J connectivity index is 1.94. The Morgan fingerprint density at radius 3 is 2.67 bits per heavy atom. The predicted molar refractivity (Wildman–Crippen MR) is 80.1 cm³/mol. The number of imidazole rings is 1. The van der Waals surface area contributed by atoms with Gasteiger partial charge in [-0.15, -0.1) is 0 Å². The molecule has 1 fully saturated rings. The van der Waals surface area contributed by atoms with Crippen molar-refractivity contribution in [2.75, 3.05) is 0 Å². The summed E-state index contributed by atoms with van der Waals surface area (Å²) in [7, 11) is 0. The smallest absolute Gasteiger partial charge is 0.254 e. The van der Waals surface area contributed by atoms with Gasteiger partial charge in [-0.2, -0.15) is 0 Å². The van der Waals surface area contributed by atoms with Gasteiger partial charge in [0, 0.05) is 24.0 Å². The zero-order valence-corrected chi connectivity index (χ0v) is 12.4. The molecule has 1 unspecified atom stereocenters. The number of nitrogens with zero attached hydrogens (tertiary/aromatic N) is 3. The molecule has 4 rings (SSSR count). The van der Waals surface area contributed by atoms with Crippen molar-refractivity contribution in [1.29, 1.82) is 0 Å². The Morgan fingerprint density at radius 1 is 1.24 bits per heavy atom. The standard InChI is InChI=1S/C17H19N3O/c1-17(2)15(19-10-9-18-11-19)13-5-3-4-6-14(13)16(21)20(17)12-7-8-12/h3-6,9-12,15H,7-8H2,1-2H3. The van der Waals surface area contributed by atoms with Crippen molar-refractivity contribution in [3.8, 4) is 0 Å². The van der Waals surface area contributed by atoms with Gasteiger partial charge in [0.2, 0.25) is 0 Å². The SMILES string of the molecule is CC1(C)C(n2ccnc2)c2ccccc2C(=O)N1C1CC1. The van der Waals surface area contributed by atoms with Crippen LogP contribution in [0, 0.1) is 0 Å². The Labute approximate surface area is 124 Å². The monoisotopic (exact) mass is 281 g/mol. The van der Waals surface area contributed by atoms with Crippen molar-refractivity contribution in [2.45, 2.75) is 44.3 Å². The Bertz CT molecular complexity index is 686. The van der Waals surface area contributed by atoms with Crippen LogP contribution in [0.5, 0.6) is 0 Å². The second-order valence-electron chi connectivity index (χ2n) is 6.56. The van der Waals surface area contributed by atoms with E-state index in [1.54, 1.807) is 6.20 Å². The van der Waals surface area contributed by atoms with Crippen LogP contribution in [-0.2, 0) is 0 Å². The molecule has 1 aliphatic carbocycles. The van der Waals surface area contributed by atoms with E-state index in [1.807, 2.05) is 30.7 Å². The van der Waals surface area contributed by atoms with Gasteiger partial charge in [0.25, 0.3) is 5.91 Å². The third kappa shape index (κ3) is 1.75. The lowest BCUT2D eigenvalue weighted by Gasteiger charge is -2.49. The highest BCUT2D eigenvalue weighted by Gasteiger charge is 2.51. The molecule has 1 atom stereocenters. The molecule has 0 saturated heterocycles. The van der Waals surface area contributed by atoms with E-state index < -0.39 is 0 Å². The fraction of sp³-hybridized carbons (Fsp3) is 0.412. The number of carbonyl (C=O) groups is 1. The predicted octanol–water partition coefficient (Wildman–Crippen LogP) is 2.87. The van der Waals surface area contributed by atoms with Crippen LogP contribution < -0.4 is 0 Å². The molecule has 108 valence electrons. The van der Waals surface area contributed by atoms with Gasteiger partial charge in [-0.1, -0.05) is 18.2 Å². The summed E-state index contributed by atoms with van der Waals surface area (Å²) in [5, 5.41) is 0. The fourth-order valence-electron chi connectivity index (χ4n) is 3.75.